The number of nitrogens with one attached hydrogen (secondary N) is 2. The van der Waals surface area contributed by atoms with Gasteiger partial charge < -0.3 is 15.7 Å². The molecule has 5 heteroatoms. The van der Waals surface area contributed by atoms with E-state index >= 15 is 0 Å². The van der Waals surface area contributed by atoms with Crippen LogP contribution in [0.5, 0.6) is 0 Å². The first kappa shape index (κ1) is 18.7. The maximum Gasteiger partial charge on any atom is 0.314 e. The van der Waals surface area contributed by atoms with E-state index < -0.39 is 5.97 Å². The highest BCUT2D eigenvalue weighted by molar-refractivity contribution is 5.74. The molecule has 0 aliphatic rings. The lowest BCUT2D eigenvalue weighted by Crippen LogP contribution is -2.40. The fourth-order valence-corrected chi connectivity index (χ4v) is 2.27. The van der Waals surface area contributed by atoms with Crippen molar-refractivity contribution in [3.63, 3.8) is 0 Å². The molecule has 0 spiro atoms. The zero-order chi connectivity index (χ0) is 15.5. The van der Waals surface area contributed by atoms with Crippen LogP contribution in [-0.2, 0) is 4.79 Å². The Morgan fingerprint density at radius 2 is 1.50 bits per heavy atom. The van der Waals surface area contributed by atoms with E-state index in [2.05, 4.69) is 38.3 Å². The van der Waals surface area contributed by atoms with Crippen molar-refractivity contribution >= 4 is 12.0 Å². The molecule has 118 valence electrons. The predicted octanol–water partition coefficient (Wildman–Crippen LogP) is 2.86. The van der Waals surface area contributed by atoms with Crippen LogP contribution in [0.25, 0.3) is 0 Å². The Hall–Kier alpha value is -1.26. The van der Waals surface area contributed by atoms with Crippen LogP contribution in [-0.4, -0.2) is 30.2 Å². The van der Waals surface area contributed by atoms with Crippen molar-refractivity contribution in [1.29, 1.82) is 0 Å². The van der Waals surface area contributed by atoms with Crippen LogP contribution in [0.15, 0.2) is 0 Å². The molecular weight excluding hydrogens is 256 g/mol. The highest BCUT2D eigenvalue weighted by Gasteiger charge is 2.16. The van der Waals surface area contributed by atoms with Crippen molar-refractivity contribution < 1.29 is 14.7 Å². The smallest absolute Gasteiger partial charge is 0.314 e. The van der Waals surface area contributed by atoms with Gasteiger partial charge in [-0.15, -0.1) is 0 Å². The zero-order valence-corrected chi connectivity index (χ0v) is 13.2. The molecule has 3 N–H and O–H groups in total. The van der Waals surface area contributed by atoms with Crippen molar-refractivity contribution in [1.82, 2.24) is 10.6 Å². The van der Waals surface area contributed by atoms with E-state index in [9.17, 15) is 9.59 Å². The lowest BCUT2D eigenvalue weighted by Gasteiger charge is -2.19. The Bertz CT molecular complexity index is 289. The molecule has 0 saturated carbocycles. The maximum atomic E-state index is 11.7. The third-order valence-electron chi connectivity index (χ3n) is 3.53. The zero-order valence-electron chi connectivity index (χ0n) is 13.2. The minimum Gasteiger partial charge on any atom is -0.481 e. The third kappa shape index (κ3) is 9.64. The molecule has 20 heavy (non-hydrogen) atoms. The van der Waals surface area contributed by atoms with Gasteiger partial charge in [-0.1, -0.05) is 40.5 Å². The molecule has 5 nitrogen and oxygen atoms in total. The van der Waals surface area contributed by atoms with Crippen LogP contribution in [0.1, 0.15) is 53.4 Å². The summed E-state index contributed by atoms with van der Waals surface area (Å²) in [4.78, 5) is 22.5. The standard InChI is InChI=1S/C15H30N2O3/c1-5-12(6-2)9-16-15(20)17-10-13(7-11(3)4)8-14(18)19/h11-13H,5-10H2,1-4H3,(H,18,19)(H2,16,17,20)/t13-/m0/s1. The molecule has 2 amide bonds. The van der Waals surface area contributed by atoms with Gasteiger partial charge in [0.25, 0.3) is 0 Å². The van der Waals surface area contributed by atoms with Crippen molar-refractivity contribution in [2.75, 3.05) is 13.1 Å². The Kier molecular flexibility index (Phi) is 9.86. The SMILES string of the molecule is CCC(CC)CNC(=O)NC[C@H](CC(=O)O)CC(C)C. The number of rotatable bonds is 10. The van der Waals surface area contributed by atoms with Gasteiger partial charge in [0.2, 0.25) is 0 Å². The average molecular weight is 286 g/mol. The molecule has 0 saturated heterocycles. The average Bonchev–Trinajstić information content (AvgIpc) is 2.35. The van der Waals surface area contributed by atoms with Crippen LogP contribution in [0.2, 0.25) is 0 Å². The van der Waals surface area contributed by atoms with Crippen molar-refractivity contribution in [2.24, 2.45) is 17.8 Å². The van der Waals surface area contributed by atoms with E-state index in [4.69, 9.17) is 5.11 Å². The van der Waals surface area contributed by atoms with Gasteiger partial charge in [-0.25, -0.2) is 4.79 Å². The highest BCUT2D eigenvalue weighted by Crippen LogP contribution is 2.14. The molecule has 0 radical (unpaired) electrons. The molecular formula is C15H30N2O3. The topological polar surface area (TPSA) is 78.4 Å². The van der Waals surface area contributed by atoms with Gasteiger partial charge in [0.05, 0.1) is 0 Å². The van der Waals surface area contributed by atoms with Crippen molar-refractivity contribution in [3.8, 4) is 0 Å². The van der Waals surface area contributed by atoms with Gasteiger partial charge in [-0.3, -0.25) is 4.79 Å². The summed E-state index contributed by atoms with van der Waals surface area (Å²) in [6.07, 6.45) is 3.00. The number of carboxylic acid groups (broad SMARTS) is 1. The third-order valence-corrected chi connectivity index (χ3v) is 3.53. The Labute approximate surface area is 122 Å². The minimum absolute atomic E-state index is 0.00797. The van der Waals surface area contributed by atoms with E-state index in [1.165, 1.54) is 0 Å². The fourth-order valence-electron chi connectivity index (χ4n) is 2.27. The molecule has 0 bridgehead atoms. The molecule has 0 rings (SSSR count). The summed E-state index contributed by atoms with van der Waals surface area (Å²) in [6, 6.07) is -0.198. The van der Waals surface area contributed by atoms with Crippen LogP contribution in [0.3, 0.4) is 0 Å². The van der Waals surface area contributed by atoms with Gasteiger partial charge in [-0.2, -0.15) is 0 Å². The molecule has 0 aromatic heterocycles. The van der Waals surface area contributed by atoms with Gasteiger partial charge in [0.15, 0.2) is 0 Å². The molecule has 0 heterocycles. The number of hydrogen-bond donors (Lipinski definition) is 3. The Morgan fingerprint density at radius 3 is 1.90 bits per heavy atom. The largest absolute Gasteiger partial charge is 0.481 e. The quantitative estimate of drug-likeness (QED) is 0.578. The maximum absolute atomic E-state index is 11.7. The van der Waals surface area contributed by atoms with Crippen LogP contribution in [0, 0.1) is 17.8 Å². The molecule has 0 aliphatic heterocycles. The van der Waals surface area contributed by atoms with E-state index in [1.807, 2.05) is 0 Å². The second-order valence-corrected chi connectivity index (χ2v) is 5.87. The number of hydrogen-bond acceptors (Lipinski definition) is 2. The first-order valence-electron chi connectivity index (χ1n) is 7.62. The normalized spacial score (nSPS) is 12.5. The number of carbonyl (C=O) groups is 2. The Balaban J connectivity index is 4.06. The molecule has 0 aliphatic carbocycles. The van der Waals surface area contributed by atoms with E-state index in [0.717, 1.165) is 19.3 Å². The summed E-state index contributed by atoms with van der Waals surface area (Å²) in [6.45, 7) is 9.43. The predicted molar refractivity (Wildman–Crippen MR) is 80.7 cm³/mol. The van der Waals surface area contributed by atoms with E-state index in [0.29, 0.717) is 24.9 Å². The van der Waals surface area contributed by atoms with E-state index in [1.54, 1.807) is 0 Å². The number of urea groups is 1. The van der Waals surface area contributed by atoms with Crippen molar-refractivity contribution in [3.05, 3.63) is 0 Å². The summed E-state index contributed by atoms with van der Waals surface area (Å²) in [5.41, 5.74) is 0. The number of amides is 2. The molecule has 0 fully saturated rings. The first-order valence-corrected chi connectivity index (χ1v) is 7.62. The minimum atomic E-state index is -0.810. The summed E-state index contributed by atoms with van der Waals surface area (Å²) in [5, 5.41) is 14.5. The molecule has 0 aromatic carbocycles. The molecule has 0 unspecified atom stereocenters. The lowest BCUT2D eigenvalue weighted by molar-refractivity contribution is -0.138. The second kappa shape index (κ2) is 10.5. The summed E-state index contributed by atoms with van der Waals surface area (Å²) in [5.74, 6) is 0.112. The summed E-state index contributed by atoms with van der Waals surface area (Å²) in [7, 11) is 0. The molecule has 0 aromatic rings. The molecule has 1 atom stereocenters. The van der Waals surface area contributed by atoms with Gasteiger partial charge in [0.1, 0.15) is 0 Å². The van der Waals surface area contributed by atoms with Gasteiger partial charge in [-0.05, 0) is 24.2 Å². The van der Waals surface area contributed by atoms with Crippen molar-refractivity contribution in [2.45, 2.75) is 53.4 Å². The first-order chi connectivity index (χ1) is 9.38. The van der Waals surface area contributed by atoms with Gasteiger partial charge in [0, 0.05) is 19.5 Å². The number of carboxylic acids is 1. The summed E-state index contributed by atoms with van der Waals surface area (Å²) < 4.78 is 0. The lowest BCUT2D eigenvalue weighted by atomic mass is 9.94. The second-order valence-electron chi connectivity index (χ2n) is 5.87. The fraction of sp³-hybridized carbons (Fsp3) is 0.867. The van der Waals surface area contributed by atoms with E-state index in [-0.39, 0.29) is 18.4 Å². The summed E-state index contributed by atoms with van der Waals surface area (Å²) >= 11 is 0. The number of carbonyl (C=O) groups excluding carboxylic acids is 1. The van der Waals surface area contributed by atoms with Crippen LogP contribution in [0.4, 0.5) is 4.79 Å². The number of aliphatic carboxylic acids is 1. The van der Waals surface area contributed by atoms with Crippen LogP contribution >= 0.6 is 0 Å². The van der Waals surface area contributed by atoms with Crippen LogP contribution < -0.4 is 10.6 Å². The highest BCUT2D eigenvalue weighted by atomic mass is 16.4. The monoisotopic (exact) mass is 286 g/mol. The Morgan fingerprint density at radius 1 is 1.00 bits per heavy atom. The van der Waals surface area contributed by atoms with Gasteiger partial charge >= 0.3 is 12.0 Å².